The third-order valence-electron chi connectivity index (χ3n) is 1.52. The van der Waals surface area contributed by atoms with Gasteiger partial charge in [0.25, 0.3) is 0 Å². The summed E-state index contributed by atoms with van der Waals surface area (Å²) in [5.74, 6) is -0.430. The summed E-state index contributed by atoms with van der Waals surface area (Å²) >= 11 is 1.15. The molecule has 0 aromatic carbocycles. The molecule has 7 heteroatoms. The lowest BCUT2D eigenvalue weighted by Gasteiger charge is -2.04. The Morgan fingerprint density at radius 3 is 2.77 bits per heavy atom. The summed E-state index contributed by atoms with van der Waals surface area (Å²) in [5.41, 5.74) is 4.75. The maximum absolute atomic E-state index is 10.9. The van der Waals surface area contributed by atoms with E-state index >= 15 is 0 Å². The molecule has 1 atom stereocenters. The summed E-state index contributed by atoms with van der Waals surface area (Å²) in [6, 6.07) is 0. The van der Waals surface area contributed by atoms with E-state index in [-0.39, 0.29) is 5.69 Å². The number of carbonyl (C=O) groups excluding carboxylic acids is 1. The van der Waals surface area contributed by atoms with Gasteiger partial charge in [0.2, 0.25) is 5.91 Å². The van der Waals surface area contributed by atoms with Crippen LogP contribution in [0.15, 0.2) is 9.95 Å². The first-order valence-electron chi connectivity index (χ1n) is 3.59. The van der Waals surface area contributed by atoms with Gasteiger partial charge in [-0.3, -0.25) is 9.36 Å². The summed E-state index contributed by atoms with van der Waals surface area (Å²) in [6.45, 7) is 1.66. The van der Waals surface area contributed by atoms with Crippen LogP contribution in [-0.2, 0) is 11.8 Å². The van der Waals surface area contributed by atoms with Crippen molar-refractivity contribution in [1.82, 2.24) is 14.8 Å². The molecule has 0 spiro atoms. The average Bonchev–Trinajstić information content (AvgIpc) is 2.36. The third-order valence-corrected chi connectivity index (χ3v) is 2.68. The summed E-state index contributed by atoms with van der Waals surface area (Å²) in [4.78, 5) is 21.6. The predicted molar refractivity (Wildman–Crippen MR) is 48.3 cm³/mol. The Labute approximate surface area is 78.5 Å². The van der Waals surface area contributed by atoms with Gasteiger partial charge in [-0.2, -0.15) is 0 Å². The molecule has 72 valence electrons. The number of carbonyl (C=O) groups is 1. The van der Waals surface area contributed by atoms with Crippen molar-refractivity contribution >= 4 is 17.7 Å². The standard InChI is InChI=1S/C6H10N4O2S/c1-3(4(7)11)13-6-9-8-5(12)10(6)2/h3H,1-2H3,(H2,7,11)(H,8,12)/t3-/m1/s1. The molecule has 13 heavy (non-hydrogen) atoms. The molecule has 1 amide bonds. The zero-order valence-corrected chi connectivity index (χ0v) is 8.09. The number of nitrogens with zero attached hydrogens (tertiary/aromatic N) is 2. The average molecular weight is 202 g/mol. The van der Waals surface area contributed by atoms with Crippen LogP contribution in [-0.4, -0.2) is 25.9 Å². The zero-order valence-electron chi connectivity index (χ0n) is 7.27. The van der Waals surface area contributed by atoms with Gasteiger partial charge in [-0.25, -0.2) is 9.89 Å². The molecular weight excluding hydrogens is 192 g/mol. The van der Waals surface area contributed by atoms with Crippen LogP contribution in [0.5, 0.6) is 0 Å². The topological polar surface area (TPSA) is 93.8 Å². The first-order chi connectivity index (χ1) is 6.02. The van der Waals surface area contributed by atoms with E-state index in [0.717, 1.165) is 11.8 Å². The summed E-state index contributed by atoms with van der Waals surface area (Å²) < 4.78 is 1.32. The number of amides is 1. The van der Waals surface area contributed by atoms with Gasteiger partial charge in [0.1, 0.15) is 0 Å². The van der Waals surface area contributed by atoms with Crippen molar-refractivity contribution < 1.29 is 4.79 Å². The molecule has 1 heterocycles. The number of nitrogens with two attached hydrogens (primary N) is 1. The lowest BCUT2D eigenvalue weighted by atomic mass is 10.5. The normalized spacial score (nSPS) is 12.8. The molecule has 0 aliphatic carbocycles. The second-order valence-corrected chi connectivity index (χ2v) is 3.84. The number of primary amides is 1. The molecule has 1 rings (SSSR count). The molecule has 0 aliphatic heterocycles. The number of thioether (sulfide) groups is 1. The predicted octanol–water partition coefficient (Wildman–Crippen LogP) is -0.926. The molecule has 1 aromatic heterocycles. The largest absolute Gasteiger partial charge is 0.369 e. The van der Waals surface area contributed by atoms with Crippen molar-refractivity contribution in [2.75, 3.05) is 0 Å². The van der Waals surface area contributed by atoms with Crippen molar-refractivity contribution in [2.24, 2.45) is 12.8 Å². The maximum atomic E-state index is 10.9. The van der Waals surface area contributed by atoms with Crippen LogP contribution < -0.4 is 11.4 Å². The number of aromatic amines is 1. The van der Waals surface area contributed by atoms with Gasteiger partial charge in [-0.1, -0.05) is 11.8 Å². The number of rotatable bonds is 3. The fourth-order valence-corrected chi connectivity index (χ4v) is 1.43. The van der Waals surface area contributed by atoms with Crippen LogP contribution in [0.1, 0.15) is 6.92 Å². The summed E-state index contributed by atoms with van der Waals surface area (Å²) in [7, 11) is 1.57. The Morgan fingerprint density at radius 2 is 2.38 bits per heavy atom. The highest BCUT2D eigenvalue weighted by Gasteiger charge is 2.14. The van der Waals surface area contributed by atoms with Crippen molar-refractivity contribution in [3.63, 3.8) is 0 Å². The van der Waals surface area contributed by atoms with Crippen molar-refractivity contribution in [3.8, 4) is 0 Å². The summed E-state index contributed by atoms with van der Waals surface area (Å²) in [6.07, 6.45) is 0. The number of hydrogen-bond acceptors (Lipinski definition) is 4. The van der Waals surface area contributed by atoms with Crippen LogP contribution in [0.2, 0.25) is 0 Å². The SMILES string of the molecule is C[C@@H](Sc1n[nH]c(=O)n1C)C(N)=O. The Morgan fingerprint density at radius 1 is 1.77 bits per heavy atom. The summed E-state index contributed by atoms with van der Waals surface area (Å²) in [5, 5.41) is 6.04. The molecular formula is C6H10N4O2S. The van der Waals surface area contributed by atoms with E-state index in [9.17, 15) is 9.59 Å². The molecule has 1 aromatic rings. The van der Waals surface area contributed by atoms with Crippen LogP contribution in [0.25, 0.3) is 0 Å². The highest BCUT2D eigenvalue weighted by Crippen LogP contribution is 2.17. The molecule has 6 nitrogen and oxygen atoms in total. The highest BCUT2D eigenvalue weighted by molar-refractivity contribution is 8.00. The molecule has 0 bridgehead atoms. The van der Waals surface area contributed by atoms with Gasteiger partial charge in [0.05, 0.1) is 5.25 Å². The van der Waals surface area contributed by atoms with Gasteiger partial charge in [-0.05, 0) is 6.92 Å². The fraction of sp³-hybridized carbons (Fsp3) is 0.500. The van der Waals surface area contributed by atoms with Gasteiger partial charge < -0.3 is 5.73 Å². The van der Waals surface area contributed by atoms with E-state index in [2.05, 4.69) is 10.2 Å². The number of nitrogens with one attached hydrogen (secondary N) is 1. The van der Waals surface area contributed by atoms with Crippen LogP contribution in [0.4, 0.5) is 0 Å². The van der Waals surface area contributed by atoms with E-state index < -0.39 is 11.2 Å². The maximum Gasteiger partial charge on any atom is 0.343 e. The molecule has 0 radical (unpaired) electrons. The molecule has 0 saturated heterocycles. The van der Waals surface area contributed by atoms with E-state index in [0.29, 0.717) is 5.16 Å². The first-order valence-corrected chi connectivity index (χ1v) is 4.47. The number of aromatic nitrogens is 3. The van der Waals surface area contributed by atoms with Gasteiger partial charge >= 0.3 is 5.69 Å². The van der Waals surface area contributed by atoms with Gasteiger partial charge in [0.15, 0.2) is 5.16 Å². The highest BCUT2D eigenvalue weighted by atomic mass is 32.2. The quantitative estimate of drug-likeness (QED) is 0.619. The smallest absolute Gasteiger partial charge is 0.343 e. The van der Waals surface area contributed by atoms with Crippen molar-refractivity contribution in [1.29, 1.82) is 0 Å². The van der Waals surface area contributed by atoms with Crippen molar-refractivity contribution in [3.05, 3.63) is 10.5 Å². The Bertz CT molecular complexity index is 369. The van der Waals surface area contributed by atoms with E-state index in [1.54, 1.807) is 14.0 Å². The molecule has 0 saturated carbocycles. The minimum absolute atomic E-state index is 0.306. The molecule has 0 fully saturated rings. The number of H-pyrrole nitrogens is 1. The second-order valence-electron chi connectivity index (χ2n) is 2.53. The van der Waals surface area contributed by atoms with E-state index in [1.165, 1.54) is 4.57 Å². The van der Waals surface area contributed by atoms with Crippen LogP contribution in [0, 0.1) is 0 Å². The Hall–Kier alpha value is -1.24. The van der Waals surface area contributed by atoms with Crippen LogP contribution in [0.3, 0.4) is 0 Å². The molecule has 0 unspecified atom stereocenters. The fourth-order valence-electron chi connectivity index (χ4n) is 0.654. The lowest BCUT2D eigenvalue weighted by molar-refractivity contribution is -0.117. The zero-order chi connectivity index (χ0) is 10.0. The molecule has 0 aliphatic rings. The number of hydrogen-bond donors (Lipinski definition) is 2. The van der Waals surface area contributed by atoms with E-state index in [1.807, 2.05) is 0 Å². The lowest BCUT2D eigenvalue weighted by Crippen LogP contribution is -2.23. The van der Waals surface area contributed by atoms with Gasteiger partial charge in [-0.15, -0.1) is 5.10 Å². The van der Waals surface area contributed by atoms with Crippen molar-refractivity contribution in [2.45, 2.75) is 17.3 Å². The Balaban J connectivity index is 2.80. The van der Waals surface area contributed by atoms with Gasteiger partial charge in [0, 0.05) is 7.05 Å². The van der Waals surface area contributed by atoms with E-state index in [4.69, 9.17) is 5.73 Å². The Kier molecular flexibility index (Phi) is 2.76. The molecule has 3 N–H and O–H groups in total. The third kappa shape index (κ3) is 2.11. The monoisotopic (exact) mass is 202 g/mol. The second kappa shape index (κ2) is 3.65. The minimum Gasteiger partial charge on any atom is -0.369 e. The minimum atomic E-state index is -0.430. The first kappa shape index (κ1) is 9.85. The van der Waals surface area contributed by atoms with Crippen LogP contribution >= 0.6 is 11.8 Å².